The van der Waals surface area contributed by atoms with Crippen molar-refractivity contribution in [2.24, 2.45) is 0 Å². The first kappa shape index (κ1) is 16.1. The van der Waals surface area contributed by atoms with E-state index in [1.807, 2.05) is 0 Å². The number of nitrogens with two attached hydrogens (primary N) is 1. The molecule has 4 rings (SSSR count). The number of hydrogen-bond donors (Lipinski definition) is 2. The molecule has 0 unspecified atom stereocenters. The van der Waals surface area contributed by atoms with Gasteiger partial charge in [-0.1, -0.05) is 30.9 Å². The molecule has 8 heteroatoms. The second-order valence-electron chi connectivity index (χ2n) is 6.73. The second-order valence-corrected chi connectivity index (χ2v) is 7.14. The summed E-state index contributed by atoms with van der Waals surface area (Å²) < 4.78 is 1.63. The first-order valence-electron chi connectivity index (χ1n) is 8.34. The molecule has 1 saturated carbocycles. The predicted octanol–water partition coefficient (Wildman–Crippen LogP) is 2.86. The summed E-state index contributed by atoms with van der Waals surface area (Å²) in [5.74, 6) is 0.647. The fraction of sp³-hybridized carbons (Fsp3) is 0.412. The number of fused-ring (bicyclic) bond motifs is 2. The van der Waals surface area contributed by atoms with Gasteiger partial charge in [0.2, 0.25) is 0 Å². The lowest BCUT2D eigenvalue weighted by molar-refractivity contribution is 0.0950. The number of nitrogens with zero attached hydrogens (tertiary/aromatic N) is 3. The van der Waals surface area contributed by atoms with Crippen molar-refractivity contribution >= 4 is 34.7 Å². The van der Waals surface area contributed by atoms with Gasteiger partial charge in [0, 0.05) is 12.5 Å². The number of aromatic nitrogens is 3. The summed E-state index contributed by atoms with van der Waals surface area (Å²) in [5.41, 5.74) is 5.59. The summed E-state index contributed by atoms with van der Waals surface area (Å²) in [6, 6.07) is 3.03. The Labute approximate surface area is 149 Å². The largest absolute Gasteiger partial charge is 0.384 e. The van der Waals surface area contributed by atoms with Crippen LogP contribution in [0.5, 0.6) is 0 Å². The molecular formula is C17H18ClN5O2. The molecule has 7 nitrogen and oxygen atoms in total. The van der Waals surface area contributed by atoms with E-state index in [2.05, 4.69) is 15.3 Å². The van der Waals surface area contributed by atoms with Crippen LogP contribution in [-0.4, -0.2) is 20.3 Å². The van der Waals surface area contributed by atoms with Gasteiger partial charge >= 0.3 is 0 Å². The molecule has 0 bridgehead atoms. The average Bonchev–Trinajstić information content (AvgIpc) is 2.85. The van der Waals surface area contributed by atoms with Crippen LogP contribution in [0.3, 0.4) is 0 Å². The van der Waals surface area contributed by atoms with E-state index in [4.69, 9.17) is 17.3 Å². The van der Waals surface area contributed by atoms with Gasteiger partial charge in [-0.25, -0.2) is 9.97 Å². The van der Waals surface area contributed by atoms with E-state index in [0.717, 1.165) is 32.1 Å². The standard InChI is InChI=1S/C17H18ClN5O2/c18-10-6-11(22-14-7-13(19)20-9-21-14)16(25)23-15(10)12(24)8-17(23)4-2-1-3-5-17/h6-7,9H,1-5,8H2,(H3,19,20,21,22). The number of nitrogens with one attached hydrogen (secondary N) is 1. The molecule has 0 saturated heterocycles. The van der Waals surface area contributed by atoms with Crippen LogP contribution in [0, 0.1) is 0 Å². The Morgan fingerprint density at radius 2 is 1.92 bits per heavy atom. The quantitative estimate of drug-likeness (QED) is 0.854. The zero-order valence-corrected chi connectivity index (χ0v) is 14.3. The maximum atomic E-state index is 13.1. The molecule has 0 atom stereocenters. The molecule has 0 aromatic carbocycles. The normalized spacial score (nSPS) is 18.4. The Morgan fingerprint density at radius 1 is 1.16 bits per heavy atom. The summed E-state index contributed by atoms with van der Waals surface area (Å²) in [6.45, 7) is 0. The van der Waals surface area contributed by atoms with Gasteiger partial charge in [0.25, 0.3) is 5.56 Å². The van der Waals surface area contributed by atoms with Gasteiger partial charge in [-0.2, -0.15) is 0 Å². The van der Waals surface area contributed by atoms with E-state index in [0.29, 0.717) is 23.8 Å². The Morgan fingerprint density at radius 3 is 2.64 bits per heavy atom. The fourth-order valence-corrected chi connectivity index (χ4v) is 4.34. The van der Waals surface area contributed by atoms with Gasteiger partial charge in [0.05, 0.1) is 10.6 Å². The van der Waals surface area contributed by atoms with Crippen LogP contribution in [0.15, 0.2) is 23.3 Å². The first-order valence-corrected chi connectivity index (χ1v) is 8.72. The Hall–Kier alpha value is -2.41. The summed E-state index contributed by atoms with van der Waals surface area (Å²) in [5, 5.41) is 3.25. The van der Waals surface area contributed by atoms with Crippen molar-refractivity contribution in [1.82, 2.24) is 14.5 Å². The third-order valence-corrected chi connectivity index (χ3v) is 5.41. The van der Waals surface area contributed by atoms with Crippen LogP contribution in [0.1, 0.15) is 49.0 Å². The second kappa shape index (κ2) is 5.84. The topological polar surface area (TPSA) is 103 Å². The Balaban J connectivity index is 1.84. The van der Waals surface area contributed by atoms with Crippen LogP contribution in [-0.2, 0) is 5.54 Å². The van der Waals surface area contributed by atoms with E-state index in [1.54, 1.807) is 4.57 Å². The Kier molecular flexibility index (Phi) is 3.76. The van der Waals surface area contributed by atoms with Crippen molar-refractivity contribution in [2.75, 3.05) is 11.1 Å². The van der Waals surface area contributed by atoms with E-state index in [-0.39, 0.29) is 22.1 Å². The number of hydrogen-bond acceptors (Lipinski definition) is 6. The molecule has 2 aromatic heterocycles. The van der Waals surface area contributed by atoms with Gasteiger partial charge in [-0.05, 0) is 18.9 Å². The highest BCUT2D eigenvalue weighted by atomic mass is 35.5. The molecule has 1 aliphatic heterocycles. The number of anilines is 3. The van der Waals surface area contributed by atoms with Crippen molar-refractivity contribution in [2.45, 2.75) is 44.1 Å². The fourth-order valence-electron chi connectivity index (χ4n) is 4.04. The lowest BCUT2D eigenvalue weighted by Gasteiger charge is -2.35. The zero-order chi connectivity index (χ0) is 17.6. The minimum absolute atomic E-state index is 0.0539. The lowest BCUT2D eigenvalue weighted by Crippen LogP contribution is -2.40. The first-order chi connectivity index (χ1) is 12.0. The minimum Gasteiger partial charge on any atom is -0.384 e. The van der Waals surface area contributed by atoms with E-state index in [1.165, 1.54) is 18.5 Å². The zero-order valence-electron chi connectivity index (χ0n) is 13.6. The number of pyridine rings is 1. The molecule has 1 fully saturated rings. The van der Waals surface area contributed by atoms with Gasteiger partial charge < -0.3 is 11.1 Å². The van der Waals surface area contributed by atoms with E-state index < -0.39 is 5.54 Å². The summed E-state index contributed by atoms with van der Waals surface area (Å²) >= 11 is 6.36. The molecule has 1 spiro atoms. The van der Waals surface area contributed by atoms with Crippen molar-refractivity contribution in [1.29, 1.82) is 0 Å². The summed E-state index contributed by atoms with van der Waals surface area (Å²) in [7, 11) is 0. The molecule has 1 aliphatic carbocycles. The Bertz CT molecular complexity index is 918. The molecule has 3 N–H and O–H groups in total. The maximum absolute atomic E-state index is 13.1. The van der Waals surface area contributed by atoms with E-state index in [9.17, 15) is 9.59 Å². The highest BCUT2D eigenvalue weighted by Gasteiger charge is 2.45. The number of nitrogen functional groups attached to an aromatic ring is 1. The third-order valence-electron chi connectivity index (χ3n) is 5.12. The highest BCUT2D eigenvalue weighted by Crippen LogP contribution is 2.44. The molecule has 2 aromatic rings. The molecule has 0 radical (unpaired) electrons. The summed E-state index contributed by atoms with van der Waals surface area (Å²) in [6.07, 6.45) is 6.47. The van der Waals surface area contributed by atoms with Gasteiger partial charge in [-0.15, -0.1) is 0 Å². The van der Waals surface area contributed by atoms with Crippen LogP contribution < -0.4 is 16.6 Å². The maximum Gasteiger partial charge on any atom is 0.275 e. The number of carbonyl (C=O) groups excluding carboxylic acids is 1. The van der Waals surface area contributed by atoms with Crippen molar-refractivity contribution in [3.8, 4) is 0 Å². The summed E-state index contributed by atoms with van der Waals surface area (Å²) in [4.78, 5) is 33.5. The third kappa shape index (κ3) is 2.59. The number of rotatable bonds is 2. The van der Waals surface area contributed by atoms with Crippen LogP contribution in [0.25, 0.3) is 0 Å². The molecule has 130 valence electrons. The predicted molar refractivity (Wildman–Crippen MR) is 95.4 cm³/mol. The SMILES string of the molecule is Nc1cc(Nc2cc(Cl)c3n(c2=O)C2(CCCCC2)CC3=O)ncn1. The van der Waals surface area contributed by atoms with Crippen LogP contribution in [0.2, 0.25) is 5.02 Å². The van der Waals surface area contributed by atoms with Crippen molar-refractivity contribution in [3.63, 3.8) is 0 Å². The number of ketones is 1. The number of Topliss-reactive ketones (excluding diaryl/α,β-unsaturated/α-hetero) is 1. The highest BCUT2D eigenvalue weighted by molar-refractivity contribution is 6.34. The van der Waals surface area contributed by atoms with Crippen molar-refractivity contribution in [3.05, 3.63) is 39.5 Å². The monoisotopic (exact) mass is 359 g/mol. The molecule has 0 amide bonds. The number of halogens is 1. The molecular weight excluding hydrogens is 342 g/mol. The molecule has 3 heterocycles. The van der Waals surface area contributed by atoms with Gasteiger partial charge in [0.15, 0.2) is 5.78 Å². The minimum atomic E-state index is -0.437. The van der Waals surface area contributed by atoms with Crippen LogP contribution >= 0.6 is 11.6 Å². The van der Waals surface area contributed by atoms with Crippen molar-refractivity contribution < 1.29 is 4.79 Å². The molecule has 25 heavy (non-hydrogen) atoms. The smallest absolute Gasteiger partial charge is 0.275 e. The van der Waals surface area contributed by atoms with E-state index >= 15 is 0 Å². The average molecular weight is 360 g/mol. The van der Waals surface area contributed by atoms with Gasteiger partial charge in [0.1, 0.15) is 29.3 Å². The van der Waals surface area contributed by atoms with Crippen LogP contribution in [0.4, 0.5) is 17.3 Å². The lowest BCUT2D eigenvalue weighted by atomic mass is 9.80. The molecule has 2 aliphatic rings. The number of carbonyl (C=O) groups is 1. The van der Waals surface area contributed by atoms with Gasteiger partial charge in [-0.3, -0.25) is 14.2 Å².